The Morgan fingerprint density at radius 2 is 2.11 bits per heavy atom. The molecule has 104 valence electrons. The maximum atomic E-state index is 12.0. The Bertz CT molecular complexity index is 265. The molecule has 2 aliphatic heterocycles. The number of amides is 1. The van der Waals surface area contributed by atoms with Crippen molar-refractivity contribution in [3.63, 3.8) is 0 Å². The molecule has 0 aromatic heterocycles. The highest BCUT2D eigenvalue weighted by Crippen LogP contribution is 2.16. The number of rotatable bonds is 4. The zero-order valence-electron chi connectivity index (χ0n) is 11.5. The molecule has 0 bridgehead atoms. The normalized spacial score (nSPS) is 29.3. The van der Waals surface area contributed by atoms with Crippen LogP contribution in [0.25, 0.3) is 0 Å². The van der Waals surface area contributed by atoms with Gasteiger partial charge in [-0.05, 0) is 38.5 Å². The van der Waals surface area contributed by atoms with Gasteiger partial charge in [0.1, 0.15) is 0 Å². The zero-order chi connectivity index (χ0) is 12.8. The molecule has 18 heavy (non-hydrogen) atoms. The summed E-state index contributed by atoms with van der Waals surface area (Å²) in [6, 6.07) is 0.456. The van der Waals surface area contributed by atoms with Crippen molar-refractivity contribution in [3.05, 3.63) is 0 Å². The summed E-state index contributed by atoms with van der Waals surface area (Å²) in [5.41, 5.74) is 0. The van der Waals surface area contributed by atoms with Crippen LogP contribution >= 0.6 is 0 Å². The lowest BCUT2D eigenvalue weighted by molar-refractivity contribution is -0.131. The highest BCUT2D eigenvalue weighted by molar-refractivity contribution is 5.78. The number of nitrogens with one attached hydrogen (secondary N) is 1. The number of ether oxygens (including phenoxy) is 1. The van der Waals surface area contributed by atoms with E-state index >= 15 is 0 Å². The summed E-state index contributed by atoms with van der Waals surface area (Å²) < 4.78 is 5.65. The number of piperidine rings is 1. The lowest BCUT2D eigenvalue weighted by atomic mass is 10.0. The molecule has 2 fully saturated rings. The van der Waals surface area contributed by atoms with Gasteiger partial charge in [-0.3, -0.25) is 4.79 Å². The van der Waals surface area contributed by atoms with E-state index in [-0.39, 0.29) is 5.91 Å². The van der Waals surface area contributed by atoms with Crippen LogP contribution < -0.4 is 5.32 Å². The first kappa shape index (κ1) is 13.8. The van der Waals surface area contributed by atoms with Crippen LogP contribution in [0.1, 0.15) is 45.4 Å². The predicted octanol–water partition coefficient (Wildman–Crippen LogP) is 1.55. The fourth-order valence-electron chi connectivity index (χ4n) is 2.84. The van der Waals surface area contributed by atoms with Crippen LogP contribution in [-0.4, -0.2) is 49.2 Å². The van der Waals surface area contributed by atoms with Crippen molar-refractivity contribution in [1.82, 2.24) is 10.2 Å². The molecule has 2 unspecified atom stereocenters. The minimum absolute atomic E-state index is 0.272. The standard InChI is InChI=1S/C14H26N2O2/c1-2-13-10-12(6-9-18-13)15-11-14(17)16-7-4-3-5-8-16/h12-13,15H,2-11H2,1H3. The molecule has 2 rings (SSSR count). The van der Waals surface area contributed by atoms with Gasteiger partial charge in [-0.2, -0.15) is 0 Å². The van der Waals surface area contributed by atoms with Crippen molar-refractivity contribution in [3.8, 4) is 0 Å². The van der Waals surface area contributed by atoms with Gasteiger partial charge in [0.15, 0.2) is 0 Å². The van der Waals surface area contributed by atoms with Gasteiger partial charge in [-0.1, -0.05) is 6.92 Å². The molecule has 0 saturated carbocycles. The molecular formula is C14H26N2O2. The smallest absolute Gasteiger partial charge is 0.236 e. The number of hydrogen-bond donors (Lipinski definition) is 1. The van der Waals surface area contributed by atoms with E-state index in [1.165, 1.54) is 19.3 Å². The lowest BCUT2D eigenvalue weighted by Crippen LogP contribution is -2.46. The second-order valence-electron chi connectivity index (χ2n) is 5.44. The Balaban J connectivity index is 1.68. The highest BCUT2D eigenvalue weighted by Gasteiger charge is 2.22. The molecule has 0 radical (unpaired) electrons. The van der Waals surface area contributed by atoms with Gasteiger partial charge in [0, 0.05) is 25.7 Å². The van der Waals surface area contributed by atoms with Gasteiger partial charge in [0.2, 0.25) is 5.91 Å². The molecule has 0 aromatic carbocycles. The van der Waals surface area contributed by atoms with Crippen LogP contribution in [0, 0.1) is 0 Å². The van der Waals surface area contributed by atoms with Gasteiger partial charge in [-0.15, -0.1) is 0 Å². The highest BCUT2D eigenvalue weighted by atomic mass is 16.5. The van der Waals surface area contributed by atoms with Gasteiger partial charge in [0.05, 0.1) is 12.6 Å². The summed E-state index contributed by atoms with van der Waals surface area (Å²) in [4.78, 5) is 14.0. The average Bonchev–Trinajstić information content (AvgIpc) is 2.46. The Kier molecular flexibility index (Phi) is 5.45. The average molecular weight is 254 g/mol. The largest absolute Gasteiger partial charge is 0.378 e. The van der Waals surface area contributed by atoms with Crippen molar-refractivity contribution in [1.29, 1.82) is 0 Å². The summed E-state index contributed by atoms with van der Waals surface area (Å²) in [7, 11) is 0. The number of hydrogen-bond acceptors (Lipinski definition) is 3. The van der Waals surface area contributed by atoms with Crippen LogP contribution in [0.5, 0.6) is 0 Å². The van der Waals surface area contributed by atoms with Gasteiger partial charge in [0.25, 0.3) is 0 Å². The van der Waals surface area contributed by atoms with Crippen molar-refractivity contribution in [2.24, 2.45) is 0 Å². The molecular weight excluding hydrogens is 228 g/mol. The van der Waals surface area contributed by atoms with E-state index in [0.29, 0.717) is 18.7 Å². The molecule has 4 heteroatoms. The summed E-state index contributed by atoms with van der Waals surface area (Å²) in [5.74, 6) is 0.272. The fraction of sp³-hybridized carbons (Fsp3) is 0.929. The van der Waals surface area contributed by atoms with Gasteiger partial charge >= 0.3 is 0 Å². The monoisotopic (exact) mass is 254 g/mol. The molecule has 0 spiro atoms. The summed E-state index contributed by atoms with van der Waals surface area (Å²) >= 11 is 0. The number of likely N-dealkylation sites (tertiary alicyclic amines) is 1. The molecule has 4 nitrogen and oxygen atoms in total. The van der Waals surface area contributed by atoms with Gasteiger partial charge < -0.3 is 15.0 Å². The van der Waals surface area contributed by atoms with E-state index in [1.54, 1.807) is 0 Å². The van der Waals surface area contributed by atoms with Crippen molar-refractivity contribution >= 4 is 5.91 Å². The van der Waals surface area contributed by atoms with Crippen LogP contribution in [-0.2, 0) is 9.53 Å². The number of carbonyl (C=O) groups excluding carboxylic acids is 1. The van der Waals surface area contributed by atoms with Crippen LogP contribution in [0.15, 0.2) is 0 Å². The minimum atomic E-state index is 0.272. The Morgan fingerprint density at radius 1 is 1.33 bits per heavy atom. The Labute approximate surface area is 110 Å². The molecule has 1 N–H and O–H groups in total. The molecule has 2 aliphatic rings. The fourth-order valence-corrected chi connectivity index (χ4v) is 2.84. The summed E-state index contributed by atoms with van der Waals surface area (Å²) in [6.07, 6.45) is 7.13. The van der Waals surface area contributed by atoms with Gasteiger partial charge in [-0.25, -0.2) is 0 Å². The Hall–Kier alpha value is -0.610. The summed E-state index contributed by atoms with van der Waals surface area (Å²) in [5, 5.41) is 3.41. The first-order chi connectivity index (χ1) is 8.79. The molecule has 0 aliphatic carbocycles. The number of nitrogens with zero attached hydrogens (tertiary/aromatic N) is 1. The van der Waals surface area contributed by atoms with Crippen LogP contribution in [0.3, 0.4) is 0 Å². The maximum absolute atomic E-state index is 12.0. The summed E-state index contributed by atoms with van der Waals surface area (Å²) in [6.45, 7) is 5.39. The van der Waals surface area contributed by atoms with E-state index in [1.807, 2.05) is 4.90 Å². The van der Waals surface area contributed by atoms with E-state index in [2.05, 4.69) is 12.2 Å². The van der Waals surface area contributed by atoms with Crippen LogP contribution in [0.4, 0.5) is 0 Å². The van der Waals surface area contributed by atoms with E-state index in [9.17, 15) is 4.79 Å². The third-order valence-corrected chi connectivity index (χ3v) is 4.07. The SMILES string of the molecule is CCC1CC(NCC(=O)N2CCCCC2)CCO1. The second-order valence-corrected chi connectivity index (χ2v) is 5.44. The first-order valence-electron chi connectivity index (χ1n) is 7.42. The zero-order valence-corrected chi connectivity index (χ0v) is 11.5. The molecule has 1 amide bonds. The van der Waals surface area contributed by atoms with E-state index < -0.39 is 0 Å². The third kappa shape index (κ3) is 3.95. The second kappa shape index (κ2) is 7.10. The van der Waals surface area contributed by atoms with Crippen LogP contribution in [0.2, 0.25) is 0 Å². The minimum Gasteiger partial charge on any atom is -0.378 e. The molecule has 2 heterocycles. The lowest BCUT2D eigenvalue weighted by Gasteiger charge is -2.31. The first-order valence-corrected chi connectivity index (χ1v) is 7.42. The molecule has 0 aromatic rings. The molecule has 2 atom stereocenters. The maximum Gasteiger partial charge on any atom is 0.236 e. The van der Waals surface area contributed by atoms with E-state index in [0.717, 1.165) is 39.0 Å². The van der Waals surface area contributed by atoms with E-state index in [4.69, 9.17) is 4.74 Å². The quantitative estimate of drug-likeness (QED) is 0.827. The molecule has 2 saturated heterocycles. The predicted molar refractivity (Wildman–Crippen MR) is 71.5 cm³/mol. The van der Waals surface area contributed by atoms with Crippen molar-refractivity contribution < 1.29 is 9.53 Å². The third-order valence-electron chi connectivity index (χ3n) is 4.07. The Morgan fingerprint density at radius 3 is 2.83 bits per heavy atom. The van der Waals surface area contributed by atoms with Crippen molar-refractivity contribution in [2.45, 2.75) is 57.6 Å². The number of carbonyl (C=O) groups is 1. The van der Waals surface area contributed by atoms with Crippen molar-refractivity contribution in [2.75, 3.05) is 26.2 Å². The topological polar surface area (TPSA) is 41.6 Å².